The van der Waals surface area contributed by atoms with E-state index in [0.29, 0.717) is 36.1 Å². The topological polar surface area (TPSA) is 90.4 Å². The lowest BCUT2D eigenvalue weighted by Crippen LogP contribution is -2.50. The first-order valence-corrected chi connectivity index (χ1v) is 13.0. The Hall–Kier alpha value is -3.70. The molecule has 0 bridgehead atoms. The van der Waals surface area contributed by atoms with E-state index < -0.39 is 5.82 Å². The first-order valence-electron chi connectivity index (χ1n) is 12.2. The Bertz CT molecular complexity index is 1410. The molecule has 4 aromatic rings. The van der Waals surface area contributed by atoms with Gasteiger partial charge in [0.25, 0.3) is 5.91 Å². The fourth-order valence-electron chi connectivity index (χ4n) is 4.21. The molecular formula is C26H29FN8OS. The van der Waals surface area contributed by atoms with Crippen LogP contribution in [0.4, 0.5) is 21.2 Å². The Morgan fingerprint density at radius 1 is 1.05 bits per heavy atom. The van der Waals surface area contributed by atoms with E-state index in [2.05, 4.69) is 44.0 Å². The Labute approximate surface area is 219 Å². The molecule has 0 spiro atoms. The molecule has 11 heteroatoms. The van der Waals surface area contributed by atoms with E-state index in [4.69, 9.17) is 0 Å². The van der Waals surface area contributed by atoms with Crippen molar-refractivity contribution in [2.24, 2.45) is 0 Å². The molecule has 1 aliphatic heterocycles. The maximum Gasteiger partial charge on any atom is 0.272 e. The van der Waals surface area contributed by atoms with E-state index in [1.54, 1.807) is 29.7 Å². The van der Waals surface area contributed by atoms with Crippen LogP contribution in [0, 0.1) is 5.82 Å². The summed E-state index contributed by atoms with van der Waals surface area (Å²) in [6, 6.07) is 9.49. The highest BCUT2D eigenvalue weighted by atomic mass is 32.1. The zero-order valence-electron chi connectivity index (χ0n) is 21.3. The van der Waals surface area contributed by atoms with Gasteiger partial charge in [-0.2, -0.15) is 0 Å². The molecule has 9 nitrogen and oxygen atoms in total. The maximum atomic E-state index is 14.7. The minimum absolute atomic E-state index is 0.0786. The molecular weight excluding hydrogens is 491 g/mol. The van der Waals surface area contributed by atoms with Gasteiger partial charge in [-0.3, -0.25) is 9.69 Å². The number of piperazine rings is 1. The first-order chi connectivity index (χ1) is 17.8. The van der Waals surface area contributed by atoms with Crippen molar-refractivity contribution >= 4 is 44.2 Å². The summed E-state index contributed by atoms with van der Waals surface area (Å²) in [5.41, 5.74) is 2.57. The second-order valence-corrected chi connectivity index (χ2v) is 10.5. The summed E-state index contributed by atoms with van der Waals surface area (Å²) < 4.78 is 15.7. The third-order valence-electron chi connectivity index (χ3n) is 6.35. The van der Waals surface area contributed by atoms with Crippen molar-refractivity contribution in [3.8, 4) is 11.3 Å². The average Bonchev–Trinajstić information content (AvgIpc) is 3.34. The molecule has 1 aromatic carbocycles. The molecule has 0 saturated carbocycles. The second-order valence-electron chi connectivity index (χ2n) is 9.44. The summed E-state index contributed by atoms with van der Waals surface area (Å²) in [7, 11) is 3.87. The lowest BCUT2D eigenvalue weighted by molar-refractivity contribution is 0.0590. The van der Waals surface area contributed by atoms with Gasteiger partial charge in [0.2, 0.25) is 5.95 Å². The van der Waals surface area contributed by atoms with Crippen molar-refractivity contribution in [1.82, 2.24) is 29.7 Å². The van der Waals surface area contributed by atoms with Crippen LogP contribution in [0.2, 0.25) is 0 Å². The number of thiazole rings is 1. The standard InChI is InChI=1S/C26H29FN8OS/c1-16(2)34-9-11-35(12-10-34)24(36)20-7-6-18(14-28-20)30-25-29-15-19(27)23(32-25)17-5-8-22-21(13-17)31-26(37-22)33(3)4/h5-8,13-16H,9-12H2,1-4H3,(H,29,30,32). The van der Waals surface area contributed by atoms with Crippen LogP contribution in [0.1, 0.15) is 24.3 Å². The lowest BCUT2D eigenvalue weighted by atomic mass is 10.1. The van der Waals surface area contributed by atoms with Crippen molar-refractivity contribution in [2.45, 2.75) is 19.9 Å². The highest BCUT2D eigenvalue weighted by Crippen LogP contribution is 2.31. The molecule has 1 N–H and O–H groups in total. The summed E-state index contributed by atoms with van der Waals surface area (Å²) in [5.74, 6) is -0.371. The highest BCUT2D eigenvalue weighted by molar-refractivity contribution is 7.22. The van der Waals surface area contributed by atoms with Crippen molar-refractivity contribution in [3.63, 3.8) is 0 Å². The number of hydrogen-bond donors (Lipinski definition) is 1. The van der Waals surface area contributed by atoms with Crippen LogP contribution in [0.5, 0.6) is 0 Å². The highest BCUT2D eigenvalue weighted by Gasteiger charge is 2.24. The number of benzene rings is 1. The molecule has 1 fully saturated rings. The number of pyridine rings is 1. The molecule has 192 valence electrons. The van der Waals surface area contributed by atoms with Gasteiger partial charge < -0.3 is 15.1 Å². The quantitative estimate of drug-likeness (QED) is 0.403. The predicted octanol–water partition coefficient (Wildman–Crippen LogP) is 4.26. The number of halogens is 1. The third-order valence-corrected chi connectivity index (χ3v) is 7.55. The number of hydrogen-bond acceptors (Lipinski definition) is 9. The summed E-state index contributed by atoms with van der Waals surface area (Å²) in [4.78, 5) is 36.4. The molecule has 37 heavy (non-hydrogen) atoms. The smallest absolute Gasteiger partial charge is 0.272 e. The van der Waals surface area contributed by atoms with Gasteiger partial charge in [0.05, 0.1) is 28.3 Å². The molecule has 1 saturated heterocycles. The zero-order valence-corrected chi connectivity index (χ0v) is 22.1. The summed E-state index contributed by atoms with van der Waals surface area (Å²) >= 11 is 1.57. The van der Waals surface area contributed by atoms with Crippen molar-refractivity contribution in [2.75, 3.05) is 50.5 Å². The van der Waals surface area contributed by atoms with Gasteiger partial charge >= 0.3 is 0 Å². The van der Waals surface area contributed by atoms with Crippen LogP contribution in [0.25, 0.3) is 21.5 Å². The van der Waals surface area contributed by atoms with E-state index in [9.17, 15) is 9.18 Å². The molecule has 0 radical (unpaired) electrons. The summed E-state index contributed by atoms with van der Waals surface area (Å²) in [5, 5.41) is 3.94. The number of rotatable bonds is 6. The normalized spacial score (nSPS) is 14.4. The van der Waals surface area contributed by atoms with Gasteiger partial charge in [0, 0.05) is 51.9 Å². The van der Waals surface area contributed by atoms with Gasteiger partial charge in [-0.25, -0.2) is 24.3 Å². The molecule has 4 heterocycles. The van der Waals surface area contributed by atoms with Gasteiger partial charge in [0.1, 0.15) is 11.4 Å². The fourth-order valence-corrected chi connectivity index (χ4v) is 5.08. The zero-order chi connectivity index (χ0) is 26.1. The van der Waals surface area contributed by atoms with Crippen LogP contribution in [0.15, 0.2) is 42.7 Å². The van der Waals surface area contributed by atoms with E-state index in [-0.39, 0.29) is 17.5 Å². The molecule has 3 aromatic heterocycles. The largest absolute Gasteiger partial charge is 0.354 e. The summed E-state index contributed by atoms with van der Waals surface area (Å²) in [6.07, 6.45) is 2.71. The third kappa shape index (κ3) is 5.37. The maximum absolute atomic E-state index is 14.7. The molecule has 1 amide bonds. The average molecular weight is 521 g/mol. The number of amides is 1. The molecule has 0 atom stereocenters. The van der Waals surface area contributed by atoms with Crippen LogP contribution >= 0.6 is 11.3 Å². The lowest BCUT2D eigenvalue weighted by Gasteiger charge is -2.36. The number of anilines is 3. The molecule has 5 rings (SSSR count). The number of nitrogens with zero attached hydrogens (tertiary/aromatic N) is 7. The fraction of sp³-hybridized carbons (Fsp3) is 0.346. The van der Waals surface area contributed by atoms with Crippen molar-refractivity contribution in [3.05, 3.63) is 54.2 Å². The van der Waals surface area contributed by atoms with Crippen LogP contribution in [0.3, 0.4) is 0 Å². The minimum atomic E-state index is -0.524. The number of carbonyl (C=O) groups excluding carboxylic acids is 1. The Kier molecular flexibility index (Phi) is 6.98. The second kappa shape index (κ2) is 10.3. The van der Waals surface area contributed by atoms with E-state index in [1.165, 1.54) is 0 Å². The van der Waals surface area contributed by atoms with E-state index >= 15 is 0 Å². The number of carbonyl (C=O) groups is 1. The van der Waals surface area contributed by atoms with Gasteiger partial charge in [-0.15, -0.1) is 0 Å². The Morgan fingerprint density at radius 3 is 2.51 bits per heavy atom. The summed E-state index contributed by atoms with van der Waals surface area (Å²) in [6.45, 7) is 7.43. The Balaban J connectivity index is 1.30. The van der Waals surface area contributed by atoms with Crippen molar-refractivity contribution in [1.29, 1.82) is 0 Å². The molecule has 0 unspecified atom stereocenters. The predicted molar refractivity (Wildman–Crippen MR) is 145 cm³/mol. The monoisotopic (exact) mass is 520 g/mol. The van der Waals surface area contributed by atoms with E-state index in [0.717, 1.165) is 34.6 Å². The van der Waals surface area contributed by atoms with Gasteiger partial charge in [-0.1, -0.05) is 17.4 Å². The SMILES string of the molecule is CC(C)N1CCN(C(=O)c2ccc(Nc3ncc(F)c(-c4ccc5sc(N(C)C)nc5c4)n3)cn2)CC1. The van der Waals surface area contributed by atoms with E-state index in [1.807, 2.05) is 42.1 Å². The number of fused-ring (bicyclic) bond motifs is 1. The molecule has 1 aliphatic rings. The Morgan fingerprint density at radius 2 is 1.84 bits per heavy atom. The number of aromatic nitrogens is 4. The first kappa shape index (κ1) is 25.0. The van der Waals surface area contributed by atoms with Gasteiger partial charge in [-0.05, 0) is 38.1 Å². The van der Waals surface area contributed by atoms with Crippen LogP contribution in [-0.2, 0) is 0 Å². The minimum Gasteiger partial charge on any atom is -0.354 e. The van der Waals surface area contributed by atoms with Crippen LogP contribution in [-0.4, -0.2) is 82.0 Å². The van der Waals surface area contributed by atoms with Crippen LogP contribution < -0.4 is 10.2 Å². The van der Waals surface area contributed by atoms with Gasteiger partial charge in [0.15, 0.2) is 10.9 Å². The molecule has 0 aliphatic carbocycles. The van der Waals surface area contributed by atoms with Crippen molar-refractivity contribution < 1.29 is 9.18 Å². The number of nitrogens with one attached hydrogen (secondary N) is 1.